The molecule has 162 valence electrons. The number of ether oxygens (including phenoxy) is 2. The molecule has 32 heavy (non-hydrogen) atoms. The van der Waals surface area contributed by atoms with E-state index < -0.39 is 6.04 Å². The number of anilines is 1. The predicted molar refractivity (Wildman–Crippen MR) is 117 cm³/mol. The smallest absolute Gasteiger partial charge is 0.257 e. The Kier molecular flexibility index (Phi) is 5.18. The third-order valence-electron chi connectivity index (χ3n) is 5.83. The number of hydrogen-bond donors (Lipinski definition) is 0. The van der Waals surface area contributed by atoms with E-state index in [1.807, 2.05) is 48.5 Å². The number of fused-ring (bicyclic) bond motifs is 3. The summed E-state index contributed by atoms with van der Waals surface area (Å²) in [5.41, 5.74) is 1.99. The first-order chi connectivity index (χ1) is 15.6. The van der Waals surface area contributed by atoms with Gasteiger partial charge >= 0.3 is 0 Å². The molecule has 2 atom stereocenters. The fourth-order valence-electron chi connectivity index (χ4n) is 4.25. The van der Waals surface area contributed by atoms with Crippen LogP contribution in [0.3, 0.4) is 0 Å². The monoisotopic (exact) mass is 430 g/mol. The van der Waals surface area contributed by atoms with Gasteiger partial charge in [-0.3, -0.25) is 9.59 Å². The Morgan fingerprint density at radius 1 is 1.12 bits per heavy atom. The van der Waals surface area contributed by atoms with Crippen LogP contribution < -0.4 is 14.4 Å². The molecule has 1 fully saturated rings. The summed E-state index contributed by atoms with van der Waals surface area (Å²) in [5.74, 6) is 0.974. The van der Waals surface area contributed by atoms with Gasteiger partial charge in [0.25, 0.3) is 5.91 Å². The second-order valence-corrected chi connectivity index (χ2v) is 7.82. The van der Waals surface area contributed by atoms with E-state index in [1.54, 1.807) is 16.9 Å². The summed E-state index contributed by atoms with van der Waals surface area (Å²) < 4.78 is 11.5. The molecule has 0 aliphatic carbocycles. The Balaban J connectivity index is 1.50. The fourth-order valence-corrected chi connectivity index (χ4v) is 4.25. The molecular formula is C24H22N4O4. The van der Waals surface area contributed by atoms with Gasteiger partial charge < -0.3 is 19.3 Å². The van der Waals surface area contributed by atoms with Gasteiger partial charge in [-0.15, -0.1) is 0 Å². The van der Waals surface area contributed by atoms with E-state index in [0.29, 0.717) is 36.5 Å². The summed E-state index contributed by atoms with van der Waals surface area (Å²) in [6.07, 6.45) is 4.48. The van der Waals surface area contributed by atoms with Gasteiger partial charge in [0.1, 0.15) is 30.0 Å². The lowest BCUT2D eigenvalue weighted by atomic mass is 10.1. The van der Waals surface area contributed by atoms with Gasteiger partial charge in [-0.1, -0.05) is 24.3 Å². The molecule has 0 radical (unpaired) electrons. The molecule has 0 saturated carbocycles. The molecule has 5 rings (SSSR count). The average molecular weight is 430 g/mol. The number of amides is 2. The number of carbonyl (C=O) groups excluding carboxylic acids is 2. The Hall–Kier alpha value is -3.94. The molecule has 2 aliphatic rings. The molecule has 3 heterocycles. The van der Waals surface area contributed by atoms with E-state index in [0.717, 1.165) is 11.3 Å². The van der Waals surface area contributed by atoms with Crippen molar-refractivity contribution < 1.29 is 19.1 Å². The van der Waals surface area contributed by atoms with Gasteiger partial charge in [-0.25, -0.2) is 9.97 Å². The number of benzene rings is 2. The van der Waals surface area contributed by atoms with Crippen molar-refractivity contribution in [1.29, 1.82) is 0 Å². The van der Waals surface area contributed by atoms with Crippen molar-refractivity contribution in [2.75, 3.05) is 18.6 Å². The first kappa shape index (κ1) is 20.0. The minimum atomic E-state index is -0.626. The van der Waals surface area contributed by atoms with Crippen LogP contribution in [0.1, 0.15) is 22.3 Å². The van der Waals surface area contributed by atoms with Crippen LogP contribution in [0.5, 0.6) is 11.5 Å². The summed E-state index contributed by atoms with van der Waals surface area (Å²) in [5, 5.41) is 0. The van der Waals surface area contributed by atoms with E-state index in [1.165, 1.54) is 18.7 Å². The van der Waals surface area contributed by atoms with E-state index in [2.05, 4.69) is 9.97 Å². The zero-order valence-electron chi connectivity index (χ0n) is 17.5. The van der Waals surface area contributed by atoms with Gasteiger partial charge in [0.2, 0.25) is 5.91 Å². The van der Waals surface area contributed by atoms with E-state index >= 15 is 0 Å². The Morgan fingerprint density at radius 2 is 1.88 bits per heavy atom. The molecule has 8 nitrogen and oxygen atoms in total. The first-order valence-electron chi connectivity index (χ1n) is 10.4. The number of methoxy groups -OCH3 is 1. The maximum absolute atomic E-state index is 13.8. The van der Waals surface area contributed by atoms with Crippen molar-refractivity contribution in [3.8, 4) is 11.5 Å². The Labute approximate surface area is 185 Å². The maximum Gasteiger partial charge on any atom is 0.257 e. The molecule has 2 unspecified atom stereocenters. The molecule has 1 saturated heterocycles. The number of aromatic nitrogens is 2. The predicted octanol–water partition coefficient (Wildman–Crippen LogP) is 2.69. The highest BCUT2D eigenvalue weighted by Gasteiger charge is 2.45. The van der Waals surface area contributed by atoms with Crippen LogP contribution in [0.4, 0.5) is 5.69 Å². The lowest BCUT2D eigenvalue weighted by Gasteiger charge is -2.31. The molecule has 2 aliphatic heterocycles. The molecule has 2 amide bonds. The third kappa shape index (κ3) is 3.64. The first-order valence-corrected chi connectivity index (χ1v) is 10.4. The highest BCUT2D eigenvalue weighted by Crippen LogP contribution is 2.37. The van der Waals surface area contributed by atoms with E-state index in [-0.39, 0.29) is 17.9 Å². The lowest BCUT2D eigenvalue weighted by Crippen LogP contribution is -2.48. The van der Waals surface area contributed by atoms with Gasteiger partial charge in [0, 0.05) is 18.8 Å². The van der Waals surface area contributed by atoms with Crippen molar-refractivity contribution in [3.05, 3.63) is 78.4 Å². The van der Waals surface area contributed by atoms with Crippen molar-refractivity contribution in [2.45, 2.75) is 25.1 Å². The SMILES string of the molecule is COc1ccc(CN2C(=O)C3CC(CN3C(=O)c3cncnc3)Oc3ccccc32)cc1. The minimum absolute atomic E-state index is 0.135. The number of likely N-dealkylation sites (tertiary alicyclic amines) is 1. The van der Waals surface area contributed by atoms with Crippen LogP contribution in [0.25, 0.3) is 0 Å². The fraction of sp³-hybridized carbons (Fsp3) is 0.250. The number of para-hydroxylation sites is 2. The summed E-state index contributed by atoms with van der Waals surface area (Å²) >= 11 is 0. The van der Waals surface area contributed by atoms with Crippen LogP contribution in [0.15, 0.2) is 67.3 Å². The molecule has 3 aromatic rings. The average Bonchev–Trinajstić information content (AvgIpc) is 3.27. The molecule has 1 aromatic heterocycles. The standard InChI is InChI=1S/C24H22N4O4/c1-31-18-8-6-16(7-9-18)13-27-20-4-2-3-5-22(20)32-19-10-21(24(27)30)28(14-19)23(29)17-11-25-15-26-12-17/h2-9,11-12,15,19,21H,10,13-14H2,1H3. The normalized spacial score (nSPS) is 19.6. The largest absolute Gasteiger partial charge is 0.497 e. The van der Waals surface area contributed by atoms with E-state index in [9.17, 15) is 9.59 Å². The van der Waals surface area contributed by atoms with Crippen LogP contribution in [-0.4, -0.2) is 52.5 Å². The Morgan fingerprint density at radius 3 is 2.62 bits per heavy atom. The second-order valence-electron chi connectivity index (χ2n) is 7.82. The number of hydrogen-bond acceptors (Lipinski definition) is 6. The summed E-state index contributed by atoms with van der Waals surface area (Å²) in [7, 11) is 1.62. The van der Waals surface area contributed by atoms with Gasteiger partial charge in [0.15, 0.2) is 0 Å². The highest BCUT2D eigenvalue weighted by atomic mass is 16.5. The number of nitrogens with zero attached hydrogens (tertiary/aromatic N) is 4. The zero-order chi connectivity index (χ0) is 22.1. The highest BCUT2D eigenvalue weighted by molar-refractivity contribution is 6.03. The number of rotatable bonds is 4. The van der Waals surface area contributed by atoms with Gasteiger partial charge in [-0.05, 0) is 29.8 Å². The van der Waals surface area contributed by atoms with Crippen molar-refractivity contribution in [1.82, 2.24) is 14.9 Å². The summed E-state index contributed by atoms with van der Waals surface area (Å²) in [6, 6.07) is 14.5. The maximum atomic E-state index is 13.8. The topological polar surface area (TPSA) is 84.9 Å². The second kappa shape index (κ2) is 8.30. The molecular weight excluding hydrogens is 408 g/mol. The molecule has 0 N–H and O–H groups in total. The third-order valence-corrected chi connectivity index (χ3v) is 5.83. The van der Waals surface area contributed by atoms with E-state index in [4.69, 9.17) is 9.47 Å². The quantitative estimate of drug-likeness (QED) is 0.633. The van der Waals surface area contributed by atoms with Crippen molar-refractivity contribution in [3.63, 3.8) is 0 Å². The van der Waals surface area contributed by atoms with Gasteiger partial charge in [-0.2, -0.15) is 0 Å². The van der Waals surface area contributed by atoms with Crippen molar-refractivity contribution in [2.24, 2.45) is 0 Å². The zero-order valence-corrected chi connectivity index (χ0v) is 17.5. The van der Waals surface area contributed by atoms with Crippen LogP contribution >= 0.6 is 0 Å². The van der Waals surface area contributed by atoms with Crippen LogP contribution in [0, 0.1) is 0 Å². The lowest BCUT2D eigenvalue weighted by molar-refractivity contribution is -0.122. The minimum Gasteiger partial charge on any atom is -0.497 e. The molecule has 8 heteroatoms. The molecule has 2 bridgehead atoms. The number of carbonyl (C=O) groups is 2. The Bertz CT molecular complexity index is 1140. The van der Waals surface area contributed by atoms with Gasteiger partial charge in [0.05, 0.1) is 31.5 Å². The van der Waals surface area contributed by atoms with Crippen LogP contribution in [0.2, 0.25) is 0 Å². The summed E-state index contributed by atoms with van der Waals surface area (Å²) in [4.78, 5) is 38.1. The molecule has 0 spiro atoms. The van der Waals surface area contributed by atoms with Crippen LogP contribution in [-0.2, 0) is 11.3 Å². The molecule has 2 aromatic carbocycles. The van der Waals surface area contributed by atoms with Crippen molar-refractivity contribution >= 4 is 17.5 Å². The summed E-state index contributed by atoms with van der Waals surface area (Å²) in [6.45, 7) is 0.676.